The maximum absolute atomic E-state index is 13.8. The highest BCUT2D eigenvalue weighted by Crippen LogP contribution is 2.54. The van der Waals surface area contributed by atoms with Crippen LogP contribution in [0.2, 0.25) is 0 Å². The van der Waals surface area contributed by atoms with Gasteiger partial charge in [-0.05, 0) is 30.7 Å². The first kappa shape index (κ1) is 21.3. The van der Waals surface area contributed by atoms with Crippen LogP contribution < -0.4 is 25.4 Å². The molecule has 3 N–H and O–H groups in total. The Balaban J connectivity index is 1.15. The van der Waals surface area contributed by atoms with E-state index in [0.717, 1.165) is 11.1 Å². The van der Waals surface area contributed by atoms with E-state index in [1.165, 1.54) is 0 Å². The number of aromatic nitrogens is 1. The Bertz CT molecular complexity index is 1400. The number of hydrogen-bond donors (Lipinski definition) is 3. The highest BCUT2D eigenvalue weighted by atomic mass is 19.2. The fraction of sp³-hybridized carbons (Fsp3) is 0.208. The minimum Gasteiger partial charge on any atom is -0.487 e. The summed E-state index contributed by atoms with van der Waals surface area (Å²) >= 11 is 0. The van der Waals surface area contributed by atoms with Gasteiger partial charge in [0.05, 0.1) is 17.6 Å². The number of hydrogen-bond acceptors (Lipinski definition) is 5. The number of carbonyl (C=O) groups is 2. The number of anilines is 2. The molecule has 1 aliphatic carbocycles. The summed E-state index contributed by atoms with van der Waals surface area (Å²) in [6.45, 7) is 0. The predicted molar refractivity (Wildman–Crippen MR) is 117 cm³/mol. The van der Waals surface area contributed by atoms with E-state index in [1.807, 2.05) is 6.07 Å². The summed E-state index contributed by atoms with van der Waals surface area (Å²) in [5.41, 5.74) is 1.18. The summed E-state index contributed by atoms with van der Waals surface area (Å²) in [6, 6.07) is 6.89. The number of nitrogens with zero attached hydrogens (tertiary/aromatic N) is 1. The number of ether oxygens (including phenoxy) is 2. The lowest BCUT2D eigenvalue weighted by molar-refractivity contribution is -0.116. The Morgan fingerprint density at radius 2 is 1.91 bits per heavy atom. The third kappa shape index (κ3) is 3.78. The molecule has 8 nitrogen and oxygen atoms in total. The molecule has 2 aliphatic heterocycles. The molecule has 178 valence electrons. The van der Waals surface area contributed by atoms with Crippen LogP contribution >= 0.6 is 0 Å². The zero-order valence-corrected chi connectivity index (χ0v) is 17.9. The van der Waals surface area contributed by atoms with Gasteiger partial charge in [-0.2, -0.15) is 0 Å². The van der Waals surface area contributed by atoms with Crippen molar-refractivity contribution in [3.05, 3.63) is 71.2 Å². The third-order valence-electron chi connectivity index (χ3n) is 6.21. The Hall–Kier alpha value is -4.28. The topological polar surface area (TPSA) is 102 Å². The standard InChI is InChI=1S/C24H17F3N4O4/c25-13-8-15(27)16(9-14(13)26)29-24(33)31-21-20-12-7-10(1-3-17(12)35-22(20)21)34-18-5-6-28-23-11(18)2-4-19(32)30-23/h1,3,5-9,20-22H,2,4H2,(H,28,30,32)(H2,29,31,33)/t20?,21-,22-/m0/s1. The van der Waals surface area contributed by atoms with Crippen LogP contribution in [0.4, 0.5) is 29.5 Å². The van der Waals surface area contributed by atoms with Gasteiger partial charge < -0.3 is 25.4 Å². The van der Waals surface area contributed by atoms with E-state index in [2.05, 4.69) is 20.9 Å². The van der Waals surface area contributed by atoms with Crippen LogP contribution in [0, 0.1) is 17.5 Å². The van der Waals surface area contributed by atoms with Gasteiger partial charge in [-0.3, -0.25) is 4.79 Å². The maximum atomic E-state index is 13.8. The Morgan fingerprint density at radius 1 is 1.09 bits per heavy atom. The number of fused-ring (bicyclic) bond motifs is 4. The second-order valence-electron chi connectivity index (χ2n) is 8.46. The SMILES string of the molecule is O=C1CCc2c(Oc3ccc4c(c3)C3[C@H](NC(=O)Nc5cc(F)c(F)cc5F)[C@H]3O4)ccnc2N1. The van der Waals surface area contributed by atoms with Crippen molar-refractivity contribution in [3.63, 3.8) is 0 Å². The smallest absolute Gasteiger partial charge is 0.319 e. The zero-order chi connectivity index (χ0) is 24.3. The molecule has 0 bridgehead atoms. The number of amides is 3. The molecule has 1 aromatic heterocycles. The van der Waals surface area contributed by atoms with E-state index in [9.17, 15) is 22.8 Å². The van der Waals surface area contributed by atoms with Crippen molar-refractivity contribution in [2.45, 2.75) is 30.9 Å². The number of carbonyl (C=O) groups excluding carboxylic acids is 2. The minimum absolute atomic E-state index is 0.0912. The van der Waals surface area contributed by atoms with E-state index in [4.69, 9.17) is 9.47 Å². The molecule has 3 aliphatic rings. The van der Waals surface area contributed by atoms with E-state index in [-0.39, 0.29) is 24.0 Å². The monoisotopic (exact) mass is 482 g/mol. The molecule has 6 rings (SSSR count). The summed E-state index contributed by atoms with van der Waals surface area (Å²) in [4.78, 5) is 28.1. The van der Waals surface area contributed by atoms with Crippen molar-refractivity contribution in [1.82, 2.24) is 10.3 Å². The molecule has 0 saturated heterocycles. The first-order valence-corrected chi connectivity index (χ1v) is 10.9. The molecule has 0 spiro atoms. The Kier molecular flexibility index (Phi) is 4.80. The van der Waals surface area contributed by atoms with Gasteiger partial charge in [0.15, 0.2) is 11.6 Å². The number of benzene rings is 2. The molecule has 1 unspecified atom stereocenters. The van der Waals surface area contributed by atoms with Gasteiger partial charge in [0.25, 0.3) is 0 Å². The number of pyridine rings is 1. The first-order valence-electron chi connectivity index (χ1n) is 10.9. The van der Waals surface area contributed by atoms with Gasteiger partial charge in [0.2, 0.25) is 5.91 Å². The van der Waals surface area contributed by atoms with Crippen LogP contribution in [-0.2, 0) is 11.2 Å². The average Bonchev–Trinajstić information content (AvgIpc) is 3.33. The van der Waals surface area contributed by atoms with Crippen molar-refractivity contribution < 1.29 is 32.2 Å². The largest absolute Gasteiger partial charge is 0.487 e. The molecule has 1 fully saturated rings. The molecule has 35 heavy (non-hydrogen) atoms. The summed E-state index contributed by atoms with van der Waals surface area (Å²) < 4.78 is 52.2. The van der Waals surface area contributed by atoms with Gasteiger partial charge in [-0.25, -0.2) is 22.9 Å². The van der Waals surface area contributed by atoms with Crippen molar-refractivity contribution in [1.29, 1.82) is 0 Å². The predicted octanol–water partition coefficient (Wildman–Crippen LogP) is 4.22. The molecule has 3 aromatic rings. The lowest BCUT2D eigenvalue weighted by atomic mass is 10.1. The minimum atomic E-state index is -1.34. The van der Waals surface area contributed by atoms with E-state index < -0.39 is 29.2 Å². The van der Waals surface area contributed by atoms with Crippen LogP contribution in [0.5, 0.6) is 17.2 Å². The van der Waals surface area contributed by atoms with Gasteiger partial charge in [-0.1, -0.05) is 0 Å². The van der Waals surface area contributed by atoms with Crippen LogP contribution in [0.25, 0.3) is 0 Å². The average molecular weight is 482 g/mol. The quantitative estimate of drug-likeness (QED) is 0.484. The van der Waals surface area contributed by atoms with Gasteiger partial charge in [0, 0.05) is 35.9 Å². The highest BCUT2D eigenvalue weighted by molar-refractivity contribution is 5.93. The molecular weight excluding hydrogens is 465 g/mol. The fourth-order valence-electron chi connectivity index (χ4n) is 4.48. The molecule has 2 aromatic carbocycles. The van der Waals surface area contributed by atoms with Crippen LogP contribution in [0.15, 0.2) is 42.6 Å². The second kappa shape index (κ2) is 7.90. The Labute approximate surface area is 196 Å². The third-order valence-corrected chi connectivity index (χ3v) is 6.21. The summed E-state index contributed by atoms with van der Waals surface area (Å²) in [5, 5.41) is 7.60. The summed E-state index contributed by atoms with van der Waals surface area (Å²) in [6.07, 6.45) is 2.12. The van der Waals surface area contributed by atoms with Crippen LogP contribution in [0.3, 0.4) is 0 Å². The van der Waals surface area contributed by atoms with Gasteiger partial charge >= 0.3 is 6.03 Å². The fourth-order valence-corrected chi connectivity index (χ4v) is 4.48. The molecule has 1 saturated carbocycles. The second-order valence-corrected chi connectivity index (χ2v) is 8.46. The van der Waals surface area contributed by atoms with E-state index >= 15 is 0 Å². The molecule has 3 atom stereocenters. The van der Waals surface area contributed by atoms with Crippen molar-refractivity contribution >= 4 is 23.4 Å². The molecule has 11 heteroatoms. The van der Waals surface area contributed by atoms with Gasteiger partial charge in [-0.15, -0.1) is 0 Å². The normalized spacial score (nSPS) is 21.1. The maximum Gasteiger partial charge on any atom is 0.319 e. The van der Waals surface area contributed by atoms with Crippen molar-refractivity contribution in [3.8, 4) is 17.2 Å². The van der Waals surface area contributed by atoms with Crippen LogP contribution in [-0.4, -0.2) is 29.1 Å². The lowest BCUT2D eigenvalue weighted by Crippen LogP contribution is -2.34. The van der Waals surface area contributed by atoms with Crippen LogP contribution in [0.1, 0.15) is 23.5 Å². The zero-order valence-electron chi connectivity index (χ0n) is 17.9. The molecule has 3 heterocycles. The number of halogens is 3. The summed E-state index contributed by atoms with van der Waals surface area (Å²) in [5.74, 6) is -1.64. The lowest BCUT2D eigenvalue weighted by Gasteiger charge is -2.19. The number of rotatable bonds is 4. The van der Waals surface area contributed by atoms with Crippen molar-refractivity contribution in [2.24, 2.45) is 0 Å². The number of urea groups is 1. The van der Waals surface area contributed by atoms with Gasteiger partial charge in [0.1, 0.15) is 35.0 Å². The Morgan fingerprint density at radius 3 is 2.77 bits per heavy atom. The number of nitrogens with one attached hydrogen (secondary N) is 3. The molecule has 3 amide bonds. The molecular formula is C24H17F3N4O4. The summed E-state index contributed by atoms with van der Waals surface area (Å²) in [7, 11) is 0. The van der Waals surface area contributed by atoms with E-state index in [1.54, 1.807) is 24.4 Å². The first-order chi connectivity index (χ1) is 16.9. The molecule has 0 radical (unpaired) electrons. The van der Waals surface area contributed by atoms with Crippen molar-refractivity contribution in [2.75, 3.05) is 10.6 Å². The highest BCUT2D eigenvalue weighted by Gasteiger charge is 2.59. The van der Waals surface area contributed by atoms with E-state index in [0.29, 0.717) is 48.0 Å².